The number of aliphatic hydroxyl groups excluding tert-OH is 1. The fourth-order valence-corrected chi connectivity index (χ4v) is 6.53. The number of benzene rings is 4. The lowest BCUT2D eigenvalue weighted by atomic mass is 9.93. The fraction of sp³-hybridized carbons (Fsp3) is 0.162. The van der Waals surface area contributed by atoms with Crippen LogP contribution in [0.5, 0.6) is 0 Å². The lowest BCUT2D eigenvalue weighted by Gasteiger charge is -2.29. The number of para-hydroxylation sites is 1. The molecule has 9 heteroatoms. The third-order valence-corrected chi connectivity index (χ3v) is 9.03. The lowest BCUT2D eigenvalue weighted by molar-refractivity contribution is -0.147. The van der Waals surface area contributed by atoms with Crippen LogP contribution in [0.2, 0.25) is 0 Å². The van der Waals surface area contributed by atoms with E-state index in [4.69, 9.17) is 18.9 Å². The Balaban J connectivity index is 1.12. The van der Waals surface area contributed by atoms with Gasteiger partial charge in [-0.05, 0) is 78.2 Å². The molecular weight excluding hydrogens is 600 g/mol. The van der Waals surface area contributed by atoms with Crippen molar-refractivity contribution in [2.75, 3.05) is 5.32 Å². The van der Waals surface area contributed by atoms with Crippen LogP contribution in [0.3, 0.4) is 0 Å². The highest BCUT2D eigenvalue weighted by molar-refractivity contribution is 7.21. The molecule has 0 aliphatic carbocycles. The Hall–Kier alpha value is -5.09. The normalized spacial score (nSPS) is 16.3. The minimum atomic E-state index is -0.802. The van der Waals surface area contributed by atoms with Crippen molar-refractivity contribution in [3.8, 4) is 10.6 Å². The second-order valence-electron chi connectivity index (χ2n) is 11.2. The molecule has 2 atom stereocenters. The molecule has 1 amide bonds. The Morgan fingerprint density at radius 3 is 2.61 bits per heavy atom. The van der Waals surface area contributed by atoms with Crippen LogP contribution in [0.15, 0.2) is 118 Å². The topological polar surface area (TPSA) is 111 Å². The Morgan fingerprint density at radius 2 is 1.80 bits per heavy atom. The van der Waals surface area contributed by atoms with Gasteiger partial charge >= 0.3 is 0 Å². The zero-order chi connectivity index (χ0) is 31.6. The summed E-state index contributed by atoms with van der Waals surface area (Å²) in [4.78, 5) is 31.8. The molecule has 46 heavy (non-hydrogen) atoms. The maximum absolute atomic E-state index is 13.5. The molecule has 1 aliphatic rings. The molecule has 7 rings (SSSR count). The lowest BCUT2D eigenvalue weighted by Crippen LogP contribution is -2.30. The molecule has 230 valence electrons. The van der Waals surface area contributed by atoms with Crippen molar-refractivity contribution in [1.29, 1.82) is 0 Å². The maximum atomic E-state index is 13.5. The first-order valence-corrected chi connectivity index (χ1v) is 15.7. The van der Waals surface area contributed by atoms with Crippen LogP contribution in [0, 0.1) is 6.92 Å². The summed E-state index contributed by atoms with van der Waals surface area (Å²) in [5, 5.41) is 13.6. The molecular formula is C37H30N2O6S. The molecule has 3 heterocycles. The van der Waals surface area contributed by atoms with Crippen LogP contribution in [-0.4, -0.2) is 22.3 Å². The Labute approximate surface area is 268 Å². The number of hydrogen-bond donors (Lipinski definition) is 2. The van der Waals surface area contributed by atoms with Crippen molar-refractivity contribution in [3.63, 3.8) is 0 Å². The highest BCUT2D eigenvalue weighted by atomic mass is 32.1. The highest BCUT2D eigenvalue weighted by Crippen LogP contribution is 2.33. The molecule has 8 nitrogen and oxygen atoms in total. The fourth-order valence-electron chi connectivity index (χ4n) is 5.46. The zero-order valence-corrected chi connectivity index (χ0v) is 25.8. The van der Waals surface area contributed by atoms with E-state index in [9.17, 15) is 14.7 Å². The van der Waals surface area contributed by atoms with E-state index in [0.29, 0.717) is 28.6 Å². The number of rotatable bonds is 8. The van der Waals surface area contributed by atoms with Crippen LogP contribution in [0.1, 0.15) is 34.6 Å². The van der Waals surface area contributed by atoms with Gasteiger partial charge in [0.1, 0.15) is 10.6 Å². The Kier molecular flexibility index (Phi) is 8.19. The van der Waals surface area contributed by atoms with Crippen molar-refractivity contribution < 1.29 is 23.8 Å². The molecule has 0 saturated carbocycles. The number of allylic oxidation sites excluding steroid dienone is 1. The first kappa shape index (κ1) is 29.6. The molecule has 0 bridgehead atoms. The molecule has 6 aromatic rings. The molecule has 0 fully saturated rings. The number of anilines is 1. The van der Waals surface area contributed by atoms with E-state index in [2.05, 4.69) is 24.4 Å². The van der Waals surface area contributed by atoms with Crippen molar-refractivity contribution in [2.45, 2.75) is 38.8 Å². The van der Waals surface area contributed by atoms with Crippen molar-refractivity contribution in [3.05, 3.63) is 142 Å². The van der Waals surface area contributed by atoms with Gasteiger partial charge in [-0.3, -0.25) is 9.59 Å². The average Bonchev–Trinajstić information content (AvgIpc) is 3.51. The number of nitrogens with one attached hydrogen (secondary N) is 1. The van der Waals surface area contributed by atoms with Gasteiger partial charge in [0.2, 0.25) is 6.29 Å². The number of hydrogen-bond acceptors (Lipinski definition) is 8. The molecule has 0 spiro atoms. The number of carbonyl (C=O) groups is 1. The van der Waals surface area contributed by atoms with Crippen molar-refractivity contribution in [2.24, 2.45) is 0 Å². The Bertz CT molecular complexity index is 2130. The summed E-state index contributed by atoms with van der Waals surface area (Å²) in [6, 6.07) is 28.2. The van der Waals surface area contributed by atoms with Crippen molar-refractivity contribution in [1.82, 2.24) is 4.98 Å². The third-order valence-electron chi connectivity index (χ3n) is 7.96. The largest absolute Gasteiger partial charge is 0.464 e. The van der Waals surface area contributed by atoms with Gasteiger partial charge in [0.15, 0.2) is 11.2 Å². The van der Waals surface area contributed by atoms with E-state index in [0.717, 1.165) is 31.9 Å². The number of ether oxygens (including phenoxy) is 2. The number of carbonyl (C=O) groups excluding carboxylic acids is 1. The predicted octanol–water partition coefficient (Wildman–Crippen LogP) is 7.44. The van der Waals surface area contributed by atoms with Crippen LogP contribution in [-0.2, 0) is 27.5 Å². The number of aromatic nitrogens is 1. The van der Waals surface area contributed by atoms with Crippen LogP contribution in [0.25, 0.3) is 31.8 Å². The van der Waals surface area contributed by atoms with Gasteiger partial charge in [-0.15, -0.1) is 11.3 Å². The monoisotopic (exact) mass is 630 g/mol. The minimum absolute atomic E-state index is 0.0451. The number of amides is 1. The Morgan fingerprint density at radius 1 is 1.02 bits per heavy atom. The van der Waals surface area contributed by atoms with E-state index >= 15 is 0 Å². The van der Waals surface area contributed by atoms with Crippen LogP contribution < -0.4 is 10.7 Å². The molecule has 2 aromatic heterocycles. The number of fused-ring (bicyclic) bond motifs is 2. The van der Waals surface area contributed by atoms with Gasteiger partial charge in [0, 0.05) is 29.2 Å². The first-order valence-electron chi connectivity index (χ1n) is 14.9. The quantitative estimate of drug-likeness (QED) is 0.180. The van der Waals surface area contributed by atoms with Crippen LogP contribution in [0.4, 0.5) is 5.69 Å². The minimum Gasteiger partial charge on any atom is -0.464 e. The number of nitrogens with zero attached hydrogens (tertiary/aromatic N) is 1. The maximum Gasteiger partial charge on any atom is 0.290 e. The van der Waals surface area contributed by atoms with E-state index in [1.165, 1.54) is 11.8 Å². The molecule has 2 N–H and O–H groups in total. The second kappa shape index (κ2) is 12.7. The summed E-state index contributed by atoms with van der Waals surface area (Å²) in [7, 11) is 0. The van der Waals surface area contributed by atoms with Gasteiger partial charge in [-0.2, -0.15) is 0 Å². The van der Waals surface area contributed by atoms with E-state index in [-0.39, 0.29) is 24.4 Å². The summed E-state index contributed by atoms with van der Waals surface area (Å²) >= 11 is 1.63. The van der Waals surface area contributed by atoms with Gasteiger partial charge in [-0.25, -0.2) is 4.98 Å². The summed E-state index contributed by atoms with van der Waals surface area (Å²) < 4.78 is 19.1. The zero-order valence-electron chi connectivity index (χ0n) is 24.9. The molecule has 4 aromatic carbocycles. The number of thiazole rings is 1. The smallest absolute Gasteiger partial charge is 0.290 e. The van der Waals surface area contributed by atoms with Gasteiger partial charge in [-0.1, -0.05) is 42.5 Å². The first-order chi connectivity index (χ1) is 22.4. The SMILES string of the molecule is Cc1ccc2nc(-c3ccc(NC(=O)C4=C[C@@H](c5coc6ccccc6c5=O)C[C@@H](OCc5ccc(CO)cc5)O4)cc3)sc2c1. The molecule has 0 saturated heterocycles. The highest BCUT2D eigenvalue weighted by Gasteiger charge is 2.31. The van der Waals surface area contributed by atoms with Gasteiger partial charge < -0.3 is 24.3 Å². The van der Waals surface area contributed by atoms with E-state index < -0.39 is 18.1 Å². The summed E-state index contributed by atoms with van der Waals surface area (Å²) in [5.74, 6) is -0.892. The molecule has 1 aliphatic heterocycles. The van der Waals surface area contributed by atoms with Gasteiger partial charge in [0.05, 0.1) is 35.1 Å². The molecule has 0 radical (unpaired) electrons. The van der Waals surface area contributed by atoms with Crippen LogP contribution >= 0.6 is 11.3 Å². The van der Waals surface area contributed by atoms with E-state index in [1.54, 1.807) is 35.6 Å². The van der Waals surface area contributed by atoms with E-state index in [1.807, 2.05) is 60.7 Å². The number of aliphatic hydroxyl groups is 1. The standard InChI is InChI=1S/C37H30N2O6S/c1-22-6-15-30-33(16-22)46-37(39-30)25-11-13-27(14-12-25)38-36(42)32-17-26(29-21-43-31-5-3-2-4-28(31)35(29)41)18-34(45-32)44-20-24-9-7-23(19-40)8-10-24/h2-17,21,26,34,40H,18-20H2,1H3,(H,38,42)/t26-,34+/m1/s1. The average molecular weight is 631 g/mol. The number of aryl methyl sites for hydroxylation is 1. The summed E-state index contributed by atoms with van der Waals surface area (Å²) in [6.45, 7) is 2.24. The van der Waals surface area contributed by atoms with Crippen molar-refractivity contribution >= 4 is 44.1 Å². The molecule has 0 unspecified atom stereocenters. The second-order valence-corrected chi connectivity index (χ2v) is 12.3. The predicted molar refractivity (Wildman–Crippen MR) is 178 cm³/mol. The van der Waals surface area contributed by atoms with Gasteiger partial charge in [0.25, 0.3) is 5.91 Å². The summed E-state index contributed by atoms with van der Waals surface area (Å²) in [5.41, 5.74) is 6.11. The summed E-state index contributed by atoms with van der Waals surface area (Å²) in [6.07, 6.45) is 2.62. The third kappa shape index (κ3) is 6.21.